The number of aryl methyl sites for hydroxylation is 3. The van der Waals surface area contributed by atoms with Crippen molar-refractivity contribution in [2.24, 2.45) is 5.41 Å². The van der Waals surface area contributed by atoms with E-state index in [9.17, 15) is 15.0 Å². The largest absolute Gasteiger partial charge is 0.477 e. The molecule has 2 rings (SSSR count). The lowest BCUT2D eigenvalue weighted by atomic mass is 9.84. The normalized spacial score (nSPS) is 14.0. The van der Waals surface area contributed by atoms with Crippen molar-refractivity contribution in [2.45, 2.75) is 85.7 Å². The number of rotatable bonds is 9. The minimum Gasteiger partial charge on any atom is -0.477 e. The van der Waals surface area contributed by atoms with Crippen LogP contribution in [0.1, 0.15) is 96.1 Å². The summed E-state index contributed by atoms with van der Waals surface area (Å²) in [5.41, 5.74) is 4.53. The predicted octanol–water partition coefficient (Wildman–Crippen LogP) is 6.72. The van der Waals surface area contributed by atoms with Crippen LogP contribution < -0.4 is 0 Å². The molecule has 1 aromatic heterocycles. The van der Waals surface area contributed by atoms with Gasteiger partial charge in [0.25, 0.3) is 0 Å². The molecule has 4 heteroatoms. The highest BCUT2D eigenvalue weighted by atomic mass is 32.1. The number of aliphatic hydroxyl groups is 1. The zero-order chi connectivity index (χ0) is 21.8. The van der Waals surface area contributed by atoms with Gasteiger partial charge >= 0.3 is 5.97 Å². The summed E-state index contributed by atoms with van der Waals surface area (Å²) in [5.74, 6) is -0.600. The van der Waals surface area contributed by atoms with Crippen molar-refractivity contribution in [3.8, 4) is 0 Å². The van der Waals surface area contributed by atoms with Crippen molar-refractivity contribution in [2.75, 3.05) is 0 Å². The SMILES string of the molecule is CCCCC(c1ccc(CCC(O)C(C)(C)C)c(C)c1)c1cc(C)c(C(=O)O)s1. The van der Waals surface area contributed by atoms with Crippen LogP contribution in [-0.2, 0) is 6.42 Å². The van der Waals surface area contributed by atoms with E-state index in [1.165, 1.54) is 28.0 Å². The van der Waals surface area contributed by atoms with Gasteiger partial charge in [-0.2, -0.15) is 0 Å². The Morgan fingerprint density at radius 2 is 1.79 bits per heavy atom. The van der Waals surface area contributed by atoms with E-state index in [0.717, 1.165) is 42.5 Å². The van der Waals surface area contributed by atoms with Crippen LogP contribution >= 0.6 is 11.3 Å². The van der Waals surface area contributed by atoms with Gasteiger partial charge in [-0.15, -0.1) is 11.3 Å². The minimum absolute atomic E-state index is 0.0992. The van der Waals surface area contributed by atoms with Crippen molar-refractivity contribution in [1.29, 1.82) is 0 Å². The number of aliphatic hydroxyl groups excluding tert-OH is 1. The quantitative estimate of drug-likeness (QED) is 0.477. The average Bonchev–Trinajstić information content (AvgIpc) is 3.02. The Labute approximate surface area is 179 Å². The van der Waals surface area contributed by atoms with E-state index in [1.54, 1.807) is 0 Å². The van der Waals surface area contributed by atoms with E-state index >= 15 is 0 Å². The molecule has 160 valence electrons. The van der Waals surface area contributed by atoms with Crippen LogP contribution in [0.4, 0.5) is 0 Å². The molecule has 3 nitrogen and oxygen atoms in total. The Bertz CT molecular complexity index is 829. The molecule has 0 saturated heterocycles. The molecular formula is C25H36O3S. The summed E-state index contributed by atoms with van der Waals surface area (Å²) in [5, 5.41) is 19.8. The topological polar surface area (TPSA) is 57.5 Å². The molecule has 0 bridgehead atoms. The average molecular weight is 417 g/mol. The molecule has 2 atom stereocenters. The first-order valence-electron chi connectivity index (χ1n) is 10.7. The molecule has 0 aliphatic carbocycles. The van der Waals surface area contributed by atoms with E-state index in [1.807, 2.05) is 6.92 Å². The summed E-state index contributed by atoms with van der Waals surface area (Å²) in [4.78, 5) is 13.1. The molecule has 2 unspecified atom stereocenters. The third-order valence-corrected chi connectivity index (χ3v) is 7.12. The van der Waals surface area contributed by atoms with Gasteiger partial charge in [-0.3, -0.25) is 0 Å². The van der Waals surface area contributed by atoms with E-state index in [0.29, 0.717) is 4.88 Å². The first-order valence-corrected chi connectivity index (χ1v) is 11.5. The molecule has 0 aliphatic heterocycles. The second-order valence-electron chi connectivity index (χ2n) is 9.27. The zero-order valence-electron chi connectivity index (χ0n) is 18.7. The second kappa shape index (κ2) is 9.90. The van der Waals surface area contributed by atoms with Gasteiger partial charge < -0.3 is 10.2 Å². The molecule has 0 amide bonds. The molecule has 2 aromatic rings. The molecular weight excluding hydrogens is 380 g/mol. The van der Waals surface area contributed by atoms with Gasteiger partial charge in [0, 0.05) is 10.8 Å². The second-order valence-corrected chi connectivity index (χ2v) is 10.4. The summed E-state index contributed by atoms with van der Waals surface area (Å²) in [6, 6.07) is 8.70. The van der Waals surface area contributed by atoms with E-state index in [-0.39, 0.29) is 17.4 Å². The van der Waals surface area contributed by atoms with Crippen molar-refractivity contribution >= 4 is 17.3 Å². The number of unbranched alkanes of at least 4 members (excludes halogenated alkanes) is 1. The maximum atomic E-state index is 11.5. The van der Waals surface area contributed by atoms with Crippen molar-refractivity contribution < 1.29 is 15.0 Å². The van der Waals surface area contributed by atoms with Gasteiger partial charge in [-0.25, -0.2) is 4.79 Å². The third kappa shape index (κ3) is 6.16. The lowest BCUT2D eigenvalue weighted by Gasteiger charge is -2.26. The van der Waals surface area contributed by atoms with Gasteiger partial charge in [-0.05, 0) is 66.8 Å². The highest BCUT2D eigenvalue weighted by Gasteiger charge is 2.23. The lowest BCUT2D eigenvalue weighted by Crippen LogP contribution is -2.26. The molecule has 0 aliphatic rings. The standard InChI is InChI=1S/C25H36O3S/c1-7-8-9-20(21-15-17(3)23(29-21)24(27)28)19-11-10-18(16(2)14-19)12-13-22(26)25(4,5)6/h10-11,14-15,20,22,26H,7-9,12-13H2,1-6H3,(H,27,28). The first kappa shape index (κ1) is 23.6. The summed E-state index contributed by atoms with van der Waals surface area (Å²) >= 11 is 1.42. The third-order valence-electron chi connectivity index (χ3n) is 5.78. The smallest absolute Gasteiger partial charge is 0.346 e. The fraction of sp³-hybridized carbons (Fsp3) is 0.560. The minimum atomic E-state index is -0.836. The molecule has 1 aromatic carbocycles. The zero-order valence-corrected chi connectivity index (χ0v) is 19.5. The van der Waals surface area contributed by atoms with Crippen LogP contribution in [0.25, 0.3) is 0 Å². The Morgan fingerprint density at radius 1 is 1.10 bits per heavy atom. The van der Waals surface area contributed by atoms with Gasteiger partial charge in [0.15, 0.2) is 0 Å². The van der Waals surface area contributed by atoms with E-state index in [4.69, 9.17) is 0 Å². The number of hydrogen-bond acceptors (Lipinski definition) is 3. The lowest BCUT2D eigenvalue weighted by molar-refractivity contribution is 0.0559. The Hall–Kier alpha value is -1.65. The van der Waals surface area contributed by atoms with Crippen LogP contribution in [-0.4, -0.2) is 22.3 Å². The molecule has 0 fully saturated rings. The molecule has 1 heterocycles. The fourth-order valence-electron chi connectivity index (χ4n) is 3.71. The number of carboxylic acids is 1. The molecule has 2 N–H and O–H groups in total. The Kier molecular flexibility index (Phi) is 8.07. The highest BCUT2D eigenvalue weighted by Crippen LogP contribution is 2.37. The number of benzene rings is 1. The Morgan fingerprint density at radius 3 is 2.31 bits per heavy atom. The van der Waals surface area contributed by atoms with Crippen molar-refractivity contribution in [1.82, 2.24) is 0 Å². The molecule has 0 radical (unpaired) electrons. The van der Waals surface area contributed by atoms with Crippen LogP contribution in [0.5, 0.6) is 0 Å². The van der Waals surface area contributed by atoms with Gasteiger partial charge in [0.1, 0.15) is 4.88 Å². The van der Waals surface area contributed by atoms with Gasteiger partial charge in [-0.1, -0.05) is 58.7 Å². The first-order chi connectivity index (χ1) is 13.5. The fourth-order valence-corrected chi connectivity index (χ4v) is 4.89. The number of aromatic carboxylic acids is 1. The van der Waals surface area contributed by atoms with Crippen LogP contribution in [0.2, 0.25) is 0 Å². The number of carbonyl (C=O) groups is 1. The predicted molar refractivity (Wildman–Crippen MR) is 122 cm³/mol. The van der Waals surface area contributed by atoms with Crippen molar-refractivity contribution in [3.63, 3.8) is 0 Å². The summed E-state index contributed by atoms with van der Waals surface area (Å²) in [6.45, 7) is 12.4. The van der Waals surface area contributed by atoms with Gasteiger partial charge in [0.2, 0.25) is 0 Å². The Balaban J connectivity index is 2.27. The summed E-state index contributed by atoms with van der Waals surface area (Å²) < 4.78 is 0. The van der Waals surface area contributed by atoms with Crippen LogP contribution in [0.3, 0.4) is 0 Å². The number of thiophene rings is 1. The summed E-state index contributed by atoms with van der Waals surface area (Å²) in [6.07, 6.45) is 4.57. The number of hydrogen-bond donors (Lipinski definition) is 2. The molecule has 0 saturated carbocycles. The maximum Gasteiger partial charge on any atom is 0.346 e. The number of carboxylic acid groups (broad SMARTS) is 1. The van der Waals surface area contributed by atoms with Gasteiger partial charge in [0.05, 0.1) is 6.10 Å². The molecule has 0 spiro atoms. The molecule has 29 heavy (non-hydrogen) atoms. The van der Waals surface area contributed by atoms with Crippen LogP contribution in [0, 0.1) is 19.3 Å². The maximum absolute atomic E-state index is 11.5. The highest BCUT2D eigenvalue weighted by molar-refractivity contribution is 7.14. The monoisotopic (exact) mass is 416 g/mol. The summed E-state index contributed by atoms with van der Waals surface area (Å²) in [7, 11) is 0. The van der Waals surface area contributed by atoms with E-state index in [2.05, 4.69) is 58.9 Å². The van der Waals surface area contributed by atoms with E-state index < -0.39 is 5.97 Å². The van der Waals surface area contributed by atoms with Crippen LogP contribution in [0.15, 0.2) is 24.3 Å². The van der Waals surface area contributed by atoms with Crippen molar-refractivity contribution in [3.05, 3.63) is 56.3 Å².